The number of phenolic OH excluding ortho intramolecular Hbond substituents is 2. The number of hydrogen-bond donors (Lipinski definition) is 2. The molecule has 5 nitrogen and oxygen atoms in total. The number of aromatic hydroxyl groups is 2. The molecule has 3 aromatic rings. The summed E-state index contributed by atoms with van der Waals surface area (Å²) >= 11 is 0. The molecule has 2 heterocycles. The van der Waals surface area contributed by atoms with Crippen LogP contribution in [0.3, 0.4) is 0 Å². The number of nitrogens with zero attached hydrogens (tertiary/aromatic N) is 1. The smallest absolute Gasteiger partial charge is 0.404 e. The third-order valence-corrected chi connectivity index (χ3v) is 7.35. The number of benzene rings is 3. The molecule has 8 heteroatoms. The molecule has 0 spiro atoms. The Balaban J connectivity index is 1.37. The molecule has 0 aromatic heterocycles. The van der Waals surface area contributed by atoms with E-state index in [1.807, 2.05) is 25.1 Å². The number of allylic oxidation sites excluding steroid dienone is 1. The van der Waals surface area contributed by atoms with Crippen LogP contribution in [0.5, 0.6) is 23.0 Å². The van der Waals surface area contributed by atoms with Gasteiger partial charge in [0.2, 0.25) is 0 Å². The molecule has 3 atom stereocenters. The third-order valence-electron chi connectivity index (χ3n) is 7.35. The first kappa shape index (κ1) is 26.0. The standard InChI is InChI=1S/C30H30F3NO4/c1-18(34-14-4-7-27(34)30(31,32)33)17-37-24-11-8-20(9-12-24)29-28(21-5-3-6-22(35)15-21)19(2)25-16-23(36)10-13-26(25)38-29/h3,5-6,8-13,15-16,18,27,29,35-36H,4,7,14,17H2,1-2H3. The zero-order valence-electron chi connectivity index (χ0n) is 21.2. The molecule has 38 heavy (non-hydrogen) atoms. The van der Waals surface area contributed by atoms with Gasteiger partial charge in [0.05, 0.1) is 0 Å². The van der Waals surface area contributed by atoms with E-state index in [0.717, 1.165) is 27.8 Å². The molecule has 0 saturated carbocycles. The van der Waals surface area contributed by atoms with Crippen molar-refractivity contribution in [2.45, 2.75) is 51.1 Å². The van der Waals surface area contributed by atoms with Gasteiger partial charge in [-0.3, -0.25) is 4.90 Å². The van der Waals surface area contributed by atoms with E-state index in [1.165, 1.54) is 4.90 Å². The van der Waals surface area contributed by atoms with Crippen LogP contribution in [0.4, 0.5) is 13.2 Å². The lowest BCUT2D eigenvalue weighted by molar-refractivity contribution is -0.181. The largest absolute Gasteiger partial charge is 0.508 e. The Morgan fingerprint density at radius 2 is 1.76 bits per heavy atom. The minimum Gasteiger partial charge on any atom is -0.508 e. The zero-order chi connectivity index (χ0) is 27.0. The van der Waals surface area contributed by atoms with Crippen molar-refractivity contribution in [1.29, 1.82) is 0 Å². The van der Waals surface area contributed by atoms with Gasteiger partial charge in [-0.05, 0) is 92.4 Å². The van der Waals surface area contributed by atoms with Crippen molar-refractivity contribution < 1.29 is 32.9 Å². The molecule has 2 aliphatic heterocycles. The molecule has 1 fully saturated rings. The quantitative estimate of drug-likeness (QED) is 0.365. The van der Waals surface area contributed by atoms with Crippen molar-refractivity contribution in [3.8, 4) is 23.0 Å². The molecule has 0 bridgehead atoms. The minimum absolute atomic E-state index is 0.126. The van der Waals surface area contributed by atoms with Crippen LogP contribution in [0, 0.1) is 0 Å². The van der Waals surface area contributed by atoms with Crippen molar-refractivity contribution >= 4 is 11.1 Å². The van der Waals surface area contributed by atoms with Crippen molar-refractivity contribution in [3.63, 3.8) is 0 Å². The lowest BCUT2D eigenvalue weighted by atomic mass is 9.86. The zero-order valence-corrected chi connectivity index (χ0v) is 21.2. The average molecular weight is 526 g/mol. The molecule has 3 unspecified atom stereocenters. The van der Waals surface area contributed by atoms with Crippen molar-refractivity contribution in [1.82, 2.24) is 4.90 Å². The Kier molecular flexibility index (Phi) is 7.01. The first-order chi connectivity index (χ1) is 18.1. The van der Waals surface area contributed by atoms with E-state index in [9.17, 15) is 23.4 Å². The van der Waals surface area contributed by atoms with Gasteiger partial charge in [0, 0.05) is 17.2 Å². The van der Waals surface area contributed by atoms with Crippen LogP contribution in [0.15, 0.2) is 66.7 Å². The highest BCUT2D eigenvalue weighted by molar-refractivity contribution is 5.95. The molecule has 1 saturated heterocycles. The second-order valence-electron chi connectivity index (χ2n) is 9.93. The third kappa shape index (κ3) is 5.18. The predicted octanol–water partition coefficient (Wildman–Crippen LogP) is 6.96. The maximum Gasteiger partial charge on any atom is 0.404 e. The summed E-state index contributed by atoms with van der Waals surface area (Å²) in [5.41, 5.74) is 4.18. The van der Waals surface area contributed by atoms with Gasteiger partial charge in [-0.1, -0.05) is 24.3 Å². The van der Waals surface area contributed by atoms with Crippen LogP contribution in [0.1, 0.15) is 49.5 Å². The van der Waals surface area contributed by atoms with Crippen LogP contribution in [0.25, 0.3) is 11.1 Å². The Morgan fingerprint density at radius 1 is 1.03 bits per heavy atom. The number of hydrogen-bond acceptors (Lipinski definition) is 5. The second-order valence-corrected chi connectivity index (χ2v) is 9.93. The minimum atomic E-state index is -4.23. The maximum absolute atomic E-state index is 13.3. The Labute approximate surface area is 219 Å². The number of rotatable bonds is 6. The van der Waals surface area contributed by atoms with Crippen LogP contribution >= 0.6 is 0 Å². The van der Waals surface area contributed by atoms with Crippen molar-refractivity contribution in [2.75, 3.05) is 13.2 Å². The predicted molar refractivity (Wildman–Crippen MR) is 139 cm³/mol. The average Bonchev–Trinajstić information content (AvgIpc) is 3.39. The van der Waals surface area contributed by atoms with Gasteiger partial charge in [0.15, 0.2) is 0 Å². The van der Waals surface area contributed by atoms with E-state index in [0.29, 0.717) is 24.5 Å². The molecular weight excluding hydrogens is 495 g/mol. The van der Waals surface area contributed by atoms with E-state index in [-0.39, 0.29) is 30.6 Å². The molecule has 200 valence electrons. The summed E-state index contributed by atoms with van der Waals surface area (Å²) in [6.45, 7) is 4.28. The fourth-order valence-electron chi connectivity index (χ4n) is 5.44. The fraction of sp³-hybridized carbons (Fsp3) is 0.333. The first-order valence-electron chi connectivity index (χ1n) is 12.7. The Bertz CT molecular complexity index is 1340. The van der Waals surface area contributed by atoms with Crippen LogP contribution in [-0.4, -0.2) is 46.5 Å². The summed E-state index contributed by atoms with van der Waals surface area (Å²) in [6, 6.07) is 17.4. The van der Waals surface area contributed by atoms with Gasteiger partial charge >= 0.3 is 6.18 Å². The molecule has 0 amide bonds. The highest BCUT2D eigenvalue weighted by Crippen LogP contribution is 2.47. The summed E-state index contributed by atoms with van der Waals surface area (Å²) in [6.07, 6.45) is -4.06. The summed E-state index contributed by atoms with van der Waals surface area (Å²) < 4.78 is 52.3. The van der Waals surface area contributed by atoms with Gasteiger partial charge in [0.1, 0.15) is 41.8 Å². The van der Waals surface area contributed by atoms with Crippen molar-refractivity contribution in [3.05, 3.63) is 83.4 Å². The normalized spacial score (nSPS) is 20.7. The topological polar surface area (TPSA) is 62.2 Å². The Hall–Kier alpha value is -3.65. The van der Waals surface area contributed by atoms with E-state index >= 15 is 0 Å². The van der Waals surface area contributed by atoms with Crippen LogP contribution in [-0.2, 0) is 0 Å². The summed E-state index contributed by atoms with van der Waals surface area (Å²) in [5.74, 6) is 1.45. The van der Waals surface area contributed by atoms with Crippen LogP contribution < -0.4 is 9.47 Å². The molecule has 2 N–H and O–H groups in total. The molecule has 0 radical (unpaired) electrons. The highest BCUT2D eigenvalue weighted by atomic mass is 19.4. The van der Waals surface area contributed by atoms with Crippen LogP contribution in [0.2, 0.25) is 0 Å². The van der Waals surface area contributed by atoms with Gasteiger partial charge in [-0.2, -0.15) is 13.2 Å². The monoisotopic (exact) mass is 525 g/mol. The maximum atomic E-state index is 13.3. The number of phenols is 2. The molecule has 3 aromatic carbocycles. The lowest BCUT2D eigenvalue weighted by Crippen LogP contribution is -2.47. The number of fused-ring (bicyclic) bond motifs is 1. The summed E-state index contributed by atoms with van der Waals surface area (Å²) in [4.78, 5) is 1.48. The van der Waals surface area contributed by atoms with E-state index in [2.05, 4.69) is 0 Å². The Morgan fingerprint density at radius 3 is 2.47 bits per heavy atom. The number of halogens is 3. The lowest BCUT2D eigenvalue weighted by Gasteiger charge is -2.32. The first-order valence-corrected chi connectivity index (χ1v) is 12.7. The molecule has 5 rings (SSSR count). The fourth-order valence-corrected chi connectivity index (χ4v) is 5.44. The number of alkyl halides is 3. The molecule has 2 aliphatic rings. The van der Waals surface area contributed by atoms with E-state index in [4.69, 9.17) is 9.47 Å². The molecule has 0 aliphatic carbocycles. The number of likely N-dealkylation sites (tertiary alicyclic amines) is 1. The highest BCUT2D eigenvalue weighted by Gasteiger charge is 2.47. The van der Waals surface area contributed by atoms with E-state index < -0.39 is 18.3 Å². The number of ether oxygens (including phenoxy) is 2. The second kappa shape index (κ2) is 10.3. The van der Waals surface area contributed by atoms with Crippen molar-refractivity contribution in [2.24, 2.45) is 0 Å². The molecular formula is C30H30F3NO4. The van der Waals surface area contributed by atoms with Gasteiger partial charge in [0.25, 0.3) is 0 Å². The SMILES string of the molecule is CC1=C(c2cccc(O)c2)C(c2ccc(OCC(C)N3CCCC3C(F)(F)F)cc2)Oc2ccc(O)cc21. The van der Waals surface area contributed by atoms with Gasteiger partial charge in [-0.15, -0.1) is 0 Å². The summed E-state index contributed by atoms with van der Waals surface area (Å²) in [5, 5.41) is 20.2. The summed E-state index contributed by atoms with van der Waals surface area (Å²) in [7, 11) is 0. The van der Waals surface area contributed by atoms with Gasteiger partial charge in [-0.25, -0.2) is 0 Å². The van der Waals surface area contributed by atoms with E-state index in [1.54, 1.807) is 55.5 Å². The van der Waals surface area contributed by atoms with Gasteiger partial charge < -0.3 is 19.7 Å².